The Labute approximate surface area is 89.6 Å². The van der Waals surface area contributed by atoms with Crippen LogP contribution in [-0.2, 0) is 0 Å². The fraction of sp³-hybridized carbons (Fsp3) is 0.333. The first-order valence-electron chi connectivity index (χ1n) is 4.39. The van der Waals surface area contributed by atoms with Gasteiger partial charge in [0.1, 0.15) is 4.90 Å². The van der Waals surface area contributed by atoms with Crippen LogP contribution in [0.3, 0.4) is 0 Å². The van der Waals surface area contributed by atoms with Crippen LogP contribution in [-0.4, -0.2) is 11.7 Å². The maximum atomic E-state index is 12.4. The second kappa shape index (κ2) is 3.10. The van der Waals surface area contributed by atoms with Gasteiger partial charge < -0.3 is 5.11 Å². The van der Waals surface area contributed by atoms with E-state index >= 15 is 0 Å². The van der Waals surface area contributed by atoms with Crippen molar-refractivity contribution < 1.29 is 24.5 Å². The molecular formula is C9H11F5OS. The van der Waals surface area contributed by atoms with E-state index in [1.807, 2.05) is 0 Å². The van der Waals surface area contributed by atoms with Crippen molar-refractivity contribution in [3.63, 3.8) is 0 Å². The molecule has 16 heavy (non-hydrogen) atoms. The van der Waals surface area contributed by atoms with Crippen LogP contribution in [0.15, 0.2) is 29.2 Å². The van der Waals surface area contributed by atoms with Gasteiger partial charge in [0.25, 0.3) is 0 Å². The Bertz CT molecular complexity index is 399. The molecule has 0 aliphatic rings. The Hall–Kier alpha value is -0.820. The molecule has 94 valence electrons. The Morgan fingerprint density at radius 1 is 1.19 bits per heavy atom. The molecule has 0 aliphatic carbocycles. The van der Waals surface area contributed by atoms with Crippen LogP contribution in [0.1, 0.15) is 18.4 Å². The van der Waals surface area contributed by atoms with E-state index in [0.717, 1.165) is 6.07 Å². The number of halogens is 5. The molecule has 1 aromatic carbocycles. The van der Waals surface area contributed by atoms with Crippen molar-refractivity contribution in [1.29, 1.82) is 0 Å². The van der Waals surface area contributed by atoms with E-state index in [-0.39, 0.29) is 5.56 Å². The number of rotatable bonds is 3. The first-order valence-corrected chi connectivity index (χ1v) is 6.34. The second-order valence-electron chi connectivity index (χ2n) is 3.63. The van der Waals surface area contributed by atoms with E-state index in [2.05, 4.69) is 0 Å². The third-order valence-electron chi connectivity index (χ3n) is 2.15. The van der Waals surface area contributed by atoms with Gasteiger partial charge in [-0.1, -0.05) is 38.5 Å². The van der Waals surface area contributed by atoms with Gasteiger partial charge in [0.15, 0.2) is 0 Å². The average molecular weight is 262 g/mol. The fourth-order valence-electron chi connectivity index (χ4n) is 1.17. The highest BCUT2D eigenvalue weighted by atomic mass is 32.5. The van der Waals surface area contributed by atoms with Crippen molar-refractivity contribution in [2.45, 2.75) is 17.7 Å². The molecule has 0 heterocycles. The molecule has 0 fully saturated rings. The first kappa shape index (κ1) is 13.2. The van der Waals surface area contributed by atoms with Gasteiger partial charge in [0.05, 0.1) is 0 Å². The van der Waals surface area contributed by atoms with Gasteiger partial charge >= 0.3 is 10.2 Å². The van der Waals surface area contributed by atoms with Crippen molar-refractivity contribution in [2.75, 3.05) is 6.61 Å². The average Bonchev–Trinajstić information content (AvgIpc) is 2.13. The standard InChI is InChI=1S/C9H11F5OS/c1-7(6-15)8-3-2-4-9(5-8)16(10,11,12,13)14/h2-5,7,15H,6H2,1H3. The highest BCUT2D eigenvalue weighted by molar-refractivity contribution is 8.45. The van der Waals surface area contributed by atoms with Crippen molar-refractivity contribution in [2.24, 2.45) is 0 Å². The Balaban J connectivity index is 3.30. The van der Waals surface area contributed by atoms with Crippen molar-refractivity contribution in [3.8, 4) is 0 Å². The molecule has 1 rings (SSSR count). The summed E-state index contributed by atoms with van der Waals surface area (Å²) in [7, 11) is -9.61. The molecule has 0 aliphatic heterocycles. The summed E-state index contributed by atoms with van der Waals surface area (Å²) in [6.45, 7) is 1.05. The predicted molar refractivity (Wildman–Crippen MR) is 53.3 cm³/mol. The van der Waals surface area contributed by atoms with Gasteiger partial charge in [-0.25, -0.2) is 0 Å². The van der Waals surface area contributed by atoms with Crippen LogP contribution in [0, 0.1) is 0 Å². The molecular weight excluding hydrogens is 251 g/mol. The second-order valence-corrected chi connectivity index (χ2v) is 6.03. The number of hydrogen-bond donors (Lipinski definition) is 1. The minimum absolute atomic E-state index is 0.0354. The molecule has 0 spiro atoms. The number of hydrogen-bond acceptors (Lipinski definition) is 1. The maximum Gasteiger partial charge on any atom is 0.310 e. The third-order valence-corrected chi connectivity index (χ3v) is 3.29. The van der Waals surface area contributed by atoms with Crippen LogP contribution in [0.25, 0.3) is 0 Å². The highest BCUT2D eigenvalue weighted by Crippen LogP contribution is 3.02. The van der Waals surface area contributed by atoms with Crippen LogP contribution >= 0.6 is 10.2 Å². The predicted octanol–water partition coefficient (Wildman–Crippen LogP) is 4.44. The zero-order valence-electron chi connectivity index (χ0n) is 8.34. The third kappa shape index (κ3) is 3.08. The molecule has 7 heteroatoms. The zero-order valence-corrected chi connectivity index (χ0v) is 9.16. The summed E-state index contributed by atoms with van der Waals surface area (Å²) < 4.78 is 62.2. The molecule has 0 bridgehead atoms. The lowest BCUT2D eigenvalue weighted by Gasteiger charge is -2.40. The summed E-state index contributed by atoms with van der Waals surface area (Å²) in [5.74, 6) is -0.611. The van der Waals surface area contributed by atoms with Gasteiger partial charge in [0, 0.05) is 12.5 Å². The Kier molecular flexibility index (Phi) is 2.57. The molecule has 0 radical (unpaired) electrons. The molecule has 1 N–H and O–H groups in total. The summed E-state index contributed by atoms with van der Waals surface area (Å²) in [4.78, 5) is -1.92. The normalized spacial score (nSPS) is 18.7. The summed E-state index contributed by atoms with van der Waals surface area (Å²) in [5.41, 5.74) is 0.0354. The van der Waals surface area contributed by atoms with Crippen LogP contribution in [0.4, 0.5) is 19.4 Å². The molecule has 1 atom stereocenters. The summed E-state index contributed by atoms with van der Waals surface area (Å²) >= 11 is 0. The molecule has 1 unspecified atom stereocenters. The SMILES string of the molecule is CC(CO)c1cccc(S(F)(F)(F)(F)F)c1. The van der Waals surface area contributed by atoms with Crippen molar-refractivity contribution >= 4 is 10.2 Å². The van der Waals surface area contributed by atoms with Gasteiger partial charge in [-0.15, -0.1) is 0 Å². The summed E-state index contributed by atoms with van der Waals surface area (Å²) in [5, 5.41) is 8.75. The van der Waals surface area contributed by atoms with Gasteiger partial charge in [0.2, 0.25) is 0 Å². The minimum atomic E-state index is -9.61. The molecule has 0 saturated carbocycles. The highest BCUT2D eigenvalue weighted by Gasteiger charge is 2.65. The van der Waals surface area contributed by atoms with Crippen LogP contribution in [0.2, 0.25) is 0 Å². The number of aliphatic hydroxyl groups is 1. The number of benzene rings is 1. The minimum Gasteiger partial charge on any atom is -0.396 e. The molecule has 1 nitrogen and oxygen atoms in total. The lowest BCUT2D eigenvalue weighted by atomic mass is 10.0. The first-order chi connectivity index (χ1) is 6.94. The van der Waals surface area contributed by atoms with E-state index in [1.165, 1.54) is 13.0 Å². The van der Waals surface area contributed by atoms with Gasteiger partial charge in [-0.2, -0.15) is 0 Å². The van der Waals surface area contributed by atoms with E-state index < -0.39 is 27.6 Å². The fourth-order valence-corrected chi connectivity index (χ4v) is 1.86. The smallest absolute Gasteiger partial charge is 0.310 e. The van der Waals surface area contributed by atoms with Gasteiger partial charge in [-0.3, -0.25) is 0 Å². The largest absolute Gasteiger partial charge is 0.396 e. The van der Waals surface area contributed by atoms with E-state index in [4.69, 9.17) is 5.11 Å². The monoisotopic (exact) mass is 262 g/mol. The topological polar surface area (TPSA) is 20.2 Å². The number of aliphatic hydroxyl groups excluding tert-OH is 1. The molecule has 0 amide bonds. The molecule has 0 aromatic heterocycles. The van der Waals surface area contributed by atoms with Crippen molar-refractivity contribution in [1.82, 2.24) is 0 Å². The lowest BCUT2D eigenvalue weighted by Crippen LogP contribution is -2.07. The van der Waals surface area contributed by atoms with Crippen molar-refractivity contribution in [3.05, 3.63) is 29.8 Å². The van der Waals surface area contributed by atoms with Crippen LogP contribution in [0.5, 0.6) is 0 Å². The summed E-state index contributed by atoms with van der Waals surface area (Å²) in [6.07, 6.45) is 0. The van der Waals surface area contributed by atoms with E-state index in [1.54, 1.807) is 0 Å². The van der Waals surface area contributed by atoms with Crippen LogP contribution < -0.4 is 0 Å². The maximum absolute atomic E-state index is 12.4. The Morgan fingerprint density at radius 3 is 2.19 bits per heavy atom. The molecule has 0 saturated heterocycles. The molecule has 1 aromatic rings. The zero-order chi connectivity index (χ0) is 12.7. The van der Waals surface area contributed by atoms with E-state index in [9.17, 15) is 19.4 Å². The quantitative estimate of drug-likeness (QED) is 0.798. The van der Waals surface area contributed by atoms with Gasteiger partial charge in [-0.05, 0) is 17.7 Å². The summed E-state index contributed by atoms with van der Waals surface area (Å²) in [6, 6.07) is 2.92. The lowest BCUT2D eigenvalue weighted by molar-refractivity contribution is 0.272. The Morgan fingerprint density at radius 2 is 1.75 bits per heavy atom. The van der Waals surface area contributed by atoms with E-state index in [0.29, 0.717) is 12.1 Å².